The number of carbonyl (C=O) groups excluding carboxylic acids is 2. The van der Waals surface area contributed by atoms with E-state index >= 15 is 0 Å². The maximum absolute atomic E-state index is 12.2. The lowest BCUT2D eigenvalue weighted by Crippen LogP contribution is -2.33. The van der Waals surface area contributed by atoms with Gasteiger partial charge in [-0.25, -0.2) is 9.59 Å². The van der Waals surface area contributed by atoms with Crippen molar-refractivity contribution in [2.24, 2.45) is 0 Å². The number of methoxy groups -OCH3 is 2. The summed E-state index contributed by atoms with van der Waals surface area (Å²) in [6.45, 7) is 3.17. The van der Waals surface area contributed by atoms with Crippen molar-refractivity contribution in [3.8, 4) is 0 Å². The highest BCUT2D eigenvalue weighted by Gasteiger charge is 2.38. The average Bonchev–Trinajstić information content (AvgIpc) is 3.03. The van der Waals surface area contributed by atoms with Crippen molar-refractivity contribution in [3.05, 3.63) is 50.4 Å². The molecule has 0 fully saturated rings. The van der Waals surface area contributed by atoms with Crippen molar-refractivity contribution >= 4 is 17.8 Å². The Morgan fingerprint density at radius 3 is 2.42 bits per heavy atom. The molecule has 1 aliphatic heterocycles. The standard InChI is InChI=1S/C15H16N2O7/c1-7-10(14(18)22-3)8(2)16-12(11(7)15(19)23-4)9-5-6-24-13(9)17(20)21/h5-6,12,16H,1-4H3/t12-/m1/s1. The van der Waals surface area contributed by atoms with Crippen LogP contribution in [0.2, 0.25) is 0 Å². The summed E-state index contributed by atoms with van der Waals surface area (Å²) in [6.07, 6.45) is 1.16. The fourth-order valence-corrected chi connectivity index (χ4v) is 2.69. The molecule has 0 radical (unpaired) electrons. The Balaban J connectivity index is 2.65. The minimum absolute atomic E-state index is 0.0769. The molecule has 128 valence electrons. The van der Waals surface area contributed by atoms with Crippen LogP contribution in [0, 0.1) is 10.1 Å². The van der Waals surface area contributed by atoms with E-state index in [1.807, 2.05) is 0 Å². The van der Waals surface area contributed by atoms with Crippen LogP contribution < -0.4 is 5.32 Å². The first kappa shape index (κ1) is 17.3. The van der Waals surface area contributed by atoms with Crippen molar-refractivity contribution in [1.29, 1.82) is 0 Å². The molecule has 0 saturated heterocycles. The van der Waals surface area contributed by atoms with Crippen LogP contribution in [0.4, 0.5) is 5.88 Å². The molecule has 1 N–H and O–H groups in total. The zero-order valence-corrected chi connectivity index (χ0v) is 13.5. The van der Waals surface area contributed by atoms with Crippen LogP contribution in [0.3, 0.4) is 0 Å². The minimum atomic E-state index is -0.884. The first-order chi connectivity index (χ1) is 11.3. The second-order valence-corrected chi connectivity index (χ2v) is 5.04. The SMILES string of the molecule is COC(=O)C1=C(C)N[C@H](c2ccoc2[N+](=O)[O-])C(C(=O)OC)=C1C. The largest absolute Gasteiger partial charge is 0.466 e. The minimum Gasteiger partial charge on any atom is -0.466 e. The molecule has 0 aliphatic carbocycles. The van der Waals surface area contributed by atoms with E-state index < -0.39 is 28.8 Å². The van der Waals surface area contributed by atoms with Gasteiger partial charge in [-0.3, -0.25) is 10.1 Å². The van der Waals surface area contributed by atoms with Gasteiger partial charge in [0.1, 0.15) is 10.5 Å². The van der Waals surface area contributed by atoms with Gasteiger partial charge in [0.25, 0.3) is 0 Å². The smallest absolute Gasteiger partial charge is 0.438 e. The number of rotatable bonds is 4. The van der Waals surface area contributed by atoms with Gasteiger partial charge < -0.3 is 19.2 Å². The van der Waals surface area contributed by atoms with E-state index in [2.05, 4.69) is 5.32 Å². The predicted octanol–water partition coefficient (Wildman–Crippen LogP) is 1.77. The van der Waals surface area contributed by atoms with E-state index in [0.717, 1.165) is 6.26 Å². The summed E-state index contributed by atoms with van der Waals surface area (Å²) in [5, 5.41) is 14.0. The number of hydrogen-bond acceptors (Lipinski definition) is 8. The summed E-state index contributed by atoms with van der Waals surface area (Å²) >= 11 is 0. The highest BCUT2D eigenvalue weighted by molar-refractivity contribution is 6.00. The third kappa shape index (κ3) is 2.75. The highest BCUT2D eigenvalue weighted by atomic mass is 16.6. The van der Waals surface area contributed by atoms with Crippen LogP contribution in [0.25, 0.3) is 0 Å². The van der Waals surface area contributed by atoms with Gasteiger partial charge in [-0.1, -0.05) is 0 Å². The van der Waals surface area contributed by atoms with E-state index in [1.54, 1.807) is 13.8 Å². The quantitative estimate of drug-likeness (QED) is 0.501. The summed E-state index contributed by atoms with van der Waals surface area (Å²) in [5.41, 5.74) is 1.16. The van der Waals surface area contributed by atoms with Crippen LogP contribution in [0.5, 0.6) is 0 Å². The maximum atomic E-state index is 12.2. The molecule has 1 aromatic rings. The van der Waals surface area contributed by atoms with Crippen molar-refractivity contribution in [3.63, 3.8) is 0 Å². The lowest BCUT2D eigenvalue weighted by Gasteiger charge is -2.28. The normalized spacial score (nSPS) is 17.4. The van der Waals surface area contributed by atoms with E-state index in [0.29, 0.717) is 11.3 Å². The molecule has 24 heavy (non-hydrogen) atoms. The Bertz CT molecular complexity index is 773. The highest BCUT2D eigenvalue weighted by Crippen LogP contribution is 2.38. The summed E-state index contributed by atoms with van der Waals surface area (Å²) in [6, 6.07) is 0.507. The zero-order chi connectivity index (χ0) is 18.0. The number of allylic oxidation sites excluding steroid dienone is 1. The number of esters is 2. The molecule has 1 aliphatic rings. The monoisotopic (exact) mass is 336 g/mol. The van der Waals surface area contributed by atoms with Crippen molar-refractivity contribution in [2.45, 2.75) is 19.9 Å². The van der Waals surface area contributed by atoms with Crippen molar-refractivity contribution < 1.29 is 28.4 Å². The van der Waals surface area contributed by atoms with E-state index in [-0.39, 0.29) is 16.7 Å². The van der Waals surface area contributed by atoms with Crippen LogP contribution in [-0.4, -0.2) is 31.1 Å². The number of furan rings is 1. The molecule has 1 aromatic heterocycles. The zero-order valence-electron chi connectivity index (χ0n) is 13.5. The Morgan fingerprint density at radius 1 is 1.25 bits per heavy atom. The fraction of sp³-hybridized carbons (Fsp3) is 0.333. The number of nitrogens with one attached hydrogen (secondary N) is 1. The van der Waals surface area contributed by atoms with Crippen LogP contribution in [0.15, 0.2) is 39.2 Å². The molecular formula is C15H16N2O7. The molecule has 2 heterocycles. The van der Waals surface area contributed by atoms with Gasteiger partial charge in [0, 0.05) is 5.70 Å². The fourth-order valence-electron chi connectivity index (χ4n) is 2.69. The lowest BCUT2D eigenvalue weighted by molar-refractivity contribution is -0.403. The maximum Gasteiger partial charge on any atom is 0.438 e. The van der Waals surface area contributed by atoms with Gasteiger partial charge in [-0.15, -0.1) is 0 Å². The summed E-state index contributed by atoms with van der Waals surface area (Å²) < 4.78 is 14.4. The molecular weight excluding hydrogens is 320 g/mol. The molecule has 9 heteroatoms. The molecule has 2 rings (SSSR count). The van der Waals surface area contributed by atoms with Gasteiger partial charge in [0.15, 0.2) is 0 Å². The number of nitro groups is 1. The number of ether oxygens (including phenoxy) is 2. The van der Waals surface area contributed by atoms with Crippen molar-refractivity contribution in [2.75, 3.05) is 14.2 Å². The predicted molar refractivity (Wildman–Crippen MR) is 80.7 cm³/mol. The van der Waals surface area contributed by atoms with Crippen LogP contribution in [0.1, 0.15) is 25.5 Å². The summed E-state index contributed by atoms with van der Waals surface area (Å²) in [7, 11) is 2.41. The van der Waals surface area contributed by atoms with E-state index in [1.165, 1.54) is 20.3 Å². The molecule has 9 nitrogen and oxygen atoms in total. The van der Waals surface area contributed by atoms with Gasteiger partial charge >= 0.3 is 17.8 Å². The molecule has 1 atom stereocenters. The average molecular weight is 336 g/mol. The van der Waals surface area contributed by atoms with Gasteiger partial charge in [-0.2, -0.15) is 0 Å². The second-order valence-electron chi connectivity index (χ2n) is 5.04. The second kappa shape index (κ2) is 6.57. The molecule has 0 spiro atoms. The molecule has 0 unspecified atom stereocenters. The third-order valence-electron chi connectivity index (χ3n) is 3.75. The number of nitrogens with zero attached hydrogens (tertiary/aromatic N) is 1. The Labute approximate surface area is 137 Å². The topological polar surface area (TPSA) is 121 Å². The van der Waals surface area contributed by atoms with E-state index in [9.17, 15) is 19.7 Å². The Hall–Kier alpha value is -3.10. The first-order valence-electron chi connectivity index (χ1n) is 6.90. The molecule has 0 saturated carbocycles. The summed E-state index contributed by atoms with van der Waals surface area (Å²) in [5.74, 6) is -1.83. The van der Waals surface area contributed by atoms with E-state index in [4.69, 9.17) is 13.9 Å². The number of dihydropyridines is 1. The third-order valence-corrected chi connectivity index (χ3v) is 3.75. The van der Waals surface area contributed by atoms with Gasteiger partial charge in [0.05, 0.1) is 37.7 Å². The number of carbonyl (C=O) groups is 2. The molecule has 0 amide bonds. The Morgan fingerprint density at radius 2 is 1.88 bits per heavy atom. The van der Waals surface area contributed by atoms with Crippen molar-refractivity contribution in [1.82, 2.24) is 5.32 Å². The van der Waals surface area contributed by atoms with Gasteiger partial charge in [0.2, 0.25) is 0 Å². The van der Waals surface area contributed by atoms with Crippen LogP contribution >= 0.6 is 0 Å². The Kier molecular flexibility index (Phi) is 4.72. The van der Waals surface area contributed by atoms with Crippen LogP contribution in [-0.2, 0) is 19.1 Å². The number of hydrogen-bond donors (Lipinski definition) is 1. The lowest BCUT2D eigenvalue weighted by atomic mass is 9.87. The van der Waals surface area contributed by atoms with Gasteiger partial charge in [-0.05, 0) is 25.5 Å². The first-order valence-corrected chi connectivity index (χ1v) is 6.90. The molecule has 0 aromatic carbocycles. The summed E-state index contributed by atoms with van der Waals surface area (Å²) in [4.78, 5) is 34.6. The molecule has 0 bridgehead atoms.